The van der Waals surface area contributed by atoms with Crippen LogP contribution in [0.25, 0.3) is 0 Å². The van der Waals surface area contributed by atoms with Crippen LogP contribution in [0, 0.1) is 11.6 Å². The summed E-state index contributed by atoms with van der Waals surface area (Å²) in [5, 5.41) is 0. The third-order valence-electron chi connectivity index (χ3n) is 2.80. The summed E-state index contributed by atoms with van der Waals surface area (Å²) in [5.41, 5.74) is 0.348. The van der Waals surface area contributed by atoms with Crippen LogP contribution in [-0.2, 0) is 10.0 Å². The molecule has 21 heavy (non-hydrogen) atoms. The summed E-state index contributed by atoms with van der Waals surface area (Å²) in [5.74, 6) is -1.82. The maximum atomic E-state index is 13.8. The molecule has 6 heteroatoms. The number of hydrogen-bond donors (Lipinski definition) is 0. The Morgan fingerprint density at radius 1 is 1.10 bits per heavy atom. The minimum absolute atomic E-state index is 0.0533. The lowest BCUT2D eigenvalue weighted by atomic mass is 10.3. The van der Waals surface area contributed by atoms with E-state index in [0.717, 1.165) is 16.4 Å². The molecule has 0 atom stereocenters. The molecular formula is C15H13F2NO2S. The van der Waals surface area contributed by atoms with Crippen LogP contribution in [0.3, 0.4) is 0 Å². The van der Waals surface area contributed by atoms with Crippen LogP contribution in [0.5, 0.6) is 0 Å². The summed E-state index contributed by atoms with van der Waals surface area (Å²) in [6.07, 6.45) is 1.38. The van der Waals surface area contributed by atoms with Gasteiger partial charge in [-0.2, -0.15) is 0 Å². The molecule has 2 aromatic rings. The highest BCUT2D eigenvalue weighted by molar-refractivity contribution is 7.92. The first-order valence-electron chi connectivity index (χ1n) is 6.10. The number of benzene rings is 2. The van der Waals surface area contributed by atoms with Crippen molar-refractivity contribution in [1.29, 1.82) is 0 Å². The standard InChI is InChI=1S/C15H13F2NO2S/c1-2-10-18(13-6-4-3-5-7-13)21(19,20)15-11-12(16)8-9-14(15)17/h2-9,11H,1,10H2. The van der Waals surface area contributed by atoms with Crippen molar-refractivity contribution < 1.29 is 17.2 Å². The predicted molar refractivity (Wildman–Crippen MR) is 77.5 cm³/mol. The molecule has 0 unspecified atom stereocenters. The minimum atomic E-state index is -4.22. The molecule has 0 aliphatic heterocycles. The van der Waals surface area contributed by atoms with Crippen molar-refractivity contribution in [3.8, 4) is 0 Å². The van der Waals surface area contributed by atoms with E-state index in [4.69, 9.17) is 0 Å². The van der Waals surface area contributed by atoms with Gasteiger partial charge in [0.2, 0.25) is 0 Å². The first kappa shape index (κ1) is 15.2. The molecule has 0 spiro atoms. The summed E-state index contributed by atoms with van der Waals surface area (Å²) in [6, 6.07) is 10.5. The Morgan fingerprint density at radius 3 is 2.38 bits per heavy atom. The largest absolute Gasteiger partial charge is 0.267 e. The zero-order valence-electron chi connectivity index (χ0n) is 11.0. The molecule has 0 amide bonds. The third kappa shape index (κ3) is 3.11. The van der Waals surface area contributed by atoms with Gasteiger partial charge in [-0.25, -0.2) is 17.2 Å². The molecule has 0 saturated heterocycles. The molecule has 0 bridgehead atoms. The van der Waals surface area contributed by atoms with Gasteiger partial charge in [-0.3, -0.25) is 4.31 Å². The van der Waals surface area contributed by atoms with E-state index in [2.05, 4.69) is 6.58 Å². The van der Waals surface area contributed by atoms with Crippen LogP contribution in [0.4, 0.5) is 14.5 Å². The van der Waals surface area contributed by atoms with Gasteiger partial charge in [-0.05, 0) is 30.3 Å². The number of sulfonamides is 1. The molecule has 2 aromatic carbocycles. The lowest BCUT2D eigenvalue weighted by Crippen LogP contribution is -2.31. The topological polar surface area (TPSA) is 37.4 Å². The number of nitrogens with zero attached hydrogens (tertiary/aromatic N) is 1. The third-order valence-corrected chi connectivity index (χ3v) is 4.61. The Labute approximate surface area is 122 Å². The normalized spacial score (nSPS) is 11.1. The highest BCUT2D eigenvalue weighted by Gasteiger charge is 2.27. The summed E-state index contributed by atoms with van der Waals surface area (Å²) >= 11 is 0. The van der Waals surface area contributed by atoms with Crippen molar-refractivity contribution in [2.75, 3.05) is 10.8 Å². The summed E-state index contributed by atoms with van der Waals surface area (Å²) in [6.45, 7) is 3.45. The summed E-state index contributed by atoms with van der Waals surface area (Å²) in [7, 11) is -4.22. The van der Waals surface area contributed by atoms with E-state index in [1.807, 2.05) is 0 Å². The first-order chi connectivity index (χ1) is 9.96. The zero-order chi connectivity index (χ0) is 15.5. The molecule has 0 aromatic heterocycles. The van der Waals surface area contributed by atoms with Crippen LogP contribution < -0.4 is 4.31 Å². The van der Waals surface area contributed by atoms with Crippen molar-refractivity contribution in [1.82, 2.24) is 0 Å². The molecule has 2 rings (SSSR count). The van der Waals surface area contributed by atoms with E-state index in [1.54, 1.807) is 30.3 Å². The Kier molecular flexibility index (Phi) is 4.37. The average Bonchev–Trinajstić information content (AvgIpc) is 2.48. The fourth-order valence-electron chi connectivity index (χ4n) is 1.85. The van der Waals surface area contributed by atoms with Crippen molar-refractivity contribution >= 4 is 15.7 Å². The van der Waals surface area contributed by atoms with Gasteiger partial charge < -0.3 is 0 Å². The molecule has 0 aliphatic rings. The van der Waals surface area contributed by atoms with E-state index >= 15 is 0 Å². The monoisotopic (exact) mass is 309 g/mol. The lowest BCUT2D eigenvalue weighted by Gasteiger charge is -2.23. The lowest BCUT2D eigenvalue weighted by molar-refractivity contribution is 0.551. The molecule has 3 nitrogen and oxygen atoms in total. The molecule has 0 N–H and O–H groups in total. The van der Waals surface area contributed by atoms with Crippen molar-refractivity contribution in [3.05, 3.63) is 72.8 Å². The molecular weight excluding hydrogens is 296 g/mol. The van der Waals surface area contributed by atoms with E-state index in [-0.39, 0.29) is 6.54 Å². The molecule has 0 aliphatic carbocycles. The fourth-order valence-corrected chi connectivity index (χ4v) is 3.36. The highest BCUT2D eigenvalue weighted by atomic mass is 32.2. The van der Waals surface area contributed by atoms with Crippen molar-refractivity contribution in [3.63, 3.8) is 0 Å². The number of rotatable bonds is 5. The Morgan fingerprint density at radius 2 is 1.76 bits per heavy atom. The van der Waals surface area contributed by atoms with Gasteiger partial charge in [-0.15, -0.1) is 6.58 Å². The minimum Gasteiger partial charge on any atom is -0.262 e. The maximum absolute atomic E-state index is 13.8. The van der Waals surface area contributed by atoms with Crippen LogP contribution in [0.2, 0.25) is 0 Å². The summed E-state index contributed by atoms with van der Waals surface area (Å²) < 4.78 is 53.1. The van der Waals surface area contributed by atoms with Crippen LogP contribution in [0.15, 0.2) is 66.1 Å². The van der Waals surface area contributed by atoms with E-state index < -0.39 is 26.6 Å². The van der Waals surface area contributed by atoms with Crippen molar-refractivity contribution in [2.45, 2.75) is 4.90 Å². The number of hydrogen-bond acceptors (Lipinski definition) is 2. The van der Waals surface area contributed by atoms with Crippen LogP contribution in [-0.4, -0.2) is 15.0 Å². The number of halogens is 2. The predicted octanol–water partition coefficient (Wildman–Crippen LogP) is 3.35. The van der Waals surface area contributed by atoms with Gasteiger partial charge in [0.05, 0.1) is 12.2 Å². The Hall–Kier alpha value is -2.21. The second-order valence-corrected chi connectivity index (χ2v) is 6.07. The molecule has 110 valence electrons. The van der Waals surface area contributed by atoms with E-state index in [1.165, 1.54) is 6.08 Å². The van der Waals surface area contributed by atoms with Gasteiger partial charge in [0.15, 0.2) is 0 Å². The molecule has 0 fully saturated rings. The highest BCUT2D eigenvalue weighted by Crippen LogP contribution is 2.25. The SMILES string of the molecule is C=CCN(c1ccccc1)S(=O)(=O)c1cc(F)ccc1F. The number of anilines is 1. The maximum Gasteiger partial charge on any atom is 0.267 e. The molecule has 0 heterocycles. The van der Waals surface area contributed by atoms with Gasteiger partial charge in [-0.1, -0.05) is 24.3 Å². The van der Waals surface area contributed by atoms with Crippen molar-refractivity contribution in [2.24, 2.45) is 0 Å². The fraction of sp³-hybridized carbons (Fsp3) is 0.0667. The molecule has 0 radical (unpaired) electrons. The smallest absolute Gasteiger partial charge is 0.262 e. The van der Waals surface area contributed by atoms with Gasteiger partial charge in [0.25, 0.3) is 10.0 Å². The van der Waals surface area contributed by atoms with Crippen LogP contribution in [0.1, 0.15) is 0 Å². The van der Waals surface area contributed by atoms with E-state index in [0.29, 0.717) is 11.8 Å². The van der Waals surface area contributed by atoms with Gasteiger partial charge in [0, 0.05) is 0 Å². The molecule has 0 saturated carbocycles. The zero-order valence-corrected chi connectivity index (χ0v) is 11.9. The van der Waals surface area contributed by atoms with Gasteiger partial charge >= 0.3 is 0 Å². The second-order valence-electron chi connectivity index (χ2n) is 4.24. The Balaban J connectivity index is 2.58. The Bertz CT molecular complexity index is 746. The summed E-state index contributed by atoms with van der Waals surface area (Å²) in [4.78, 5) is -0.701. The second kappa shape index (κ2) is 6.05. The van der Waals surface area contributed by atoms with Crippen LogP contribution >= 0.6 is 0 Å². The van der Waals surface area contributed by atoms with E-state index in [9.17, 15) is 17.2 Å². The number of para-hydroxylation sites is 1. The quantitative estimate of drug-likeness (QED) is 0.794. The van der Waals surface area contributed by atoms with Gasteiger partial charge in [0.1, 0.15) is 16.5 Å². The average molecular weight is 309 g/mol. The first-order valence-corrected chi connectivity index (χ1v) is 7.54.